The number of carbonyl (C=O) groups excluding carboxylic acids is 1. The minimum Gasteiger partial charge on any atom is -0.343 e. The smallest absolute Gasteiger partial charge is 0.222 e. The first-order chi connectivity index (χ1) is 8.08. The lowest BCUT2D eigenvalue weighted by molar-refractivity contribution is -0.133. The van der Waals surface area contributed by atoms with Gasteiger partial charge in [-0.1, -0.05) is 27.2 Å². The highest BCUT2D eigenvalue weighted by molar-refractivity contribution is 5.85. The van der Waals surface area contributed by atoms with Gasteiger partial charge in [-0.25, -0.2) is 0 Å². The molecule has 0 aliphatic carbocycles. The first kappa shape index (κ1) is 17.7. The van der Waals surface area contributed by atoms with Gasteiger partial charge < -0.3 is 10.2 Å². The Morgan fingerprint density at radius 2 is 1.89 bits per heavy atom. The van der Waals surface area contributed by atoms with Gasteiger partial charge in [0.15, 0.2) is 0 Å². The Morgan fingerprint density at radius 3 is 2.28 bits per heavy atom. The van der Waals surface area contributed by atoms with E-state index in [-0.39, 0.29) is 12.4 Å². The molecule has 0 bridgehead atoms. The standard InChI is InChI=1S/C14H28N2O.ClH/c1-5-12(11(2)3)10-14(17)16-8-6-13(15-4)7-9-16;/h11-13,15H,5-10H2,1-4H3;1H. The zero-order valence-corrected chi connectivity index (χ0v) is 13.1. The molecular formula is C14H29ClN2O. The summed E-state index contributed by atoms with van der Waals surface area (Å²) in [6, 6.07) is 0.603. The lowest BCUT2D eigenvalue weighted by Crippen LogP contribution is -2.44. The Bertz CT molecular complexity index is 238. The quantitative estimate of drug-likeness (QED) is 0.837. The third-order valence-corrected chi connectivity index (χ3v) is 4.16. The van der Waals surface area contributed by atoms with Gasteiger partial charge in [-0.05, 0) is 31.7 Å². The predicted octanol–water partition coefficient (Wildman–Crippen LogP) is 2.69. The number of nitrogens with zero attached hydrogens (tertiary/aromatic N) is 1. The maximum absolute atomic E-state index is 12.2. The first-order valence-corrected chi connectivity index (χ1v) is 7.03. The van der Waals surface area contributed by atoms with Gasteiger partial charge in [-0.15, -0.1) is 12.4 Å². The molecular weight excluding hydrogens is 248 g/mol. The molecule has 1 aliphatic rings. The van der Waals surface area contributed by atoms with E-state index in [0.29, 0.717) is 23.8 Å². The van der Waals surface area contributed by atoms with E-state index in [0.717, 1.165) is 38.8 Å². The molecule has 3 nitrogen and oxygen atoms in total. The van der Waals surface area contributed by atoms with Gasteiger partial charge in [-0.2, -0.15) is 0 Å². The third-order valence-electron chi connectivity index (χ3n) is 4.16. The molecule has 1 fully saturated rings. The molecule has 4 heteroatoms. The van der Waals surface area contributed by atoms with Crippen LogP contribution in [0.1, 0.15) is 46.5 Å². The molecule has 0 radical (unpaired) electrons. The van der Waals surface area contributed by atoms with E-state index in [1.165, 1.54) is 0 Å². The molecule has 1 aliphatic heterocycles. The van der Waals surface area contributed by atoms with Crippen molar-refractivity contribution in [3.63, 3.8) is 0 Å². The maximum Gasteiger partial charge on any atom is 0.222 e. The van der Waals surface area contributed by atoms with Crippen LogP contribution in [0, 0.1) is 11.8 Å². The van der Waals surface area contributed by atoms with Gasteiger partial charge in [0.1, 0.15) is 0 Å². The van der Waals surface area contributed by atoms with Crippen LogP contribution in [0.25, 0.3) is 0 Å². The molecule has 0 aromatic rings. The van der Waals surface area contributed by atoms with Gasteiger partial charge >= 0.3 is 0 Å². The van der Waals surface area contributed by atoms with Crippen molar-refractivity contribution in [3.8, 4) is 0 Å². The molecule has 0 spiro atoms. The number of rotatable bonds is 5. The van der Waals surface area contributed by atoms with Gasteiger partial charge in [-0.3, -0.25) is 4.79 Å². The SMILES string of the molecule is CCC(CC(=O)N1CCC(NC)CC1)C(C)C.Cl. The Balaban J connectivity index is 0.00000289. The summed E-state index contributed by atoms with van der Waals surface area (Å²) in [5.41, 5.74) is 0. The second-order valence-corrected chi connectivity index (χ2v) is 5.56. The second kappa shape index (κ2) is 8.76. The summed E-state index contributed by atoms with van der Waals surface area (Å²) in [5, 5.41) is 3.30. The van der Waals surface area contributed by atoms with E-state index >= 15 is 0 Å². The second-order valence-electron chi connectivity index (χ2n) is 5.56. The van der Waals surface area contributed by atoms with Crippen molar-refractivity contribution in [2.75, 3.05) is 20.1 Å². The van der Waals surface area contributed by atoms with Crippen LogP contribution in [0.15, 0.2) is 0 Å². The molecule has 18 heavy (non-hydrogen) atoms. The topological polar surface area (TPSA) is 32.3 Å². The number of nitrogens with one attached hydrogen (secondary N) is 1. The van der Waals surface area contributed by atoms with Crippen molar-refractivity contribution in [3.05, 3.63) is 0 Å². The van der Waals surface area contributed by atoms with Crippen LogP contribution in [-0.2, 0) is 4.79 Å². The molecule has 1 saturated heterocycles. The van der Waals surface area contributed by atoms with Gasteiger partial charge in [0.05, 0.1) is 0 Å². The molecule has 1 amide bonds. The molecule has 0 aromatic carbocycles. The van der Waals surface area contributed by atoms with E-state index in [4.69, 9.17) is 0 Å². The fraction of sp³-hybridized carbons (Fsp3) is 0.929. The molecule has 1 N–H and O–H groups in total. The van der Waals surface area contributed by atoms with Crippen molar-refractivity contribution in [2.45, 2.75) is 52.5 Å². The summed E-state index contributed by atoms with van der Waals surface area (Å²) in [4.78, 5) is 14.2. The van der Waals surface area contributed by atoms with E-state index in [1.807, 2.05) is 7.05 Å². The highest BCUT2D eigenvalue weighted by Gasteiger charge is 2.24. The van der Waals surface area contributed by atoms with Crippen LogP contribution in [0.4, 0.5) is 0 Å². The number of hydrogen-bond acceptors (Lipinski definition) is 2. The van der Waals surface area contributed by atoms with Gasteiger partial charge in [0, 0.05) is 25.6 Å². The van der Waals surface area contributed by atoms with Gasteiger partial charge in [0.25, 0.3) is 0 Å². The van der Waals surface area contributed by atoms with Crippen molar-refractivity contribution in [2.24, 2.45) is 11.8 Å². The fourth-order valence-electron chi connectivity index (χ4n) is 2.62. The Kier molecular flexibility index (Phi) is 8.62. The maximum atomic E-state index is 12.2. The lowest BCUT2D eigenvalue weighted by atomic mass is 9.89. The highest BCUT2D eigenvalue weighted by atomic mass is 35.5. The Morgan fingerprint density at radius 1 is 1.33 bits per heavy atom. The number of piperidine rings is 1. The number of carbonyl (C=O) groups is 1. The summed E-state index contributed by atoms with van der Waals surface area (Å²) in [6.07, 6.45) is 4.04. The zero-order chi connectivity index (χ0) is 12.8. The monoisotopic (exact) mass is 276 g/mol. The molecule has 0 aromatic heterocycles. The normalized spacial score (nSPS) is 18.6. The Hall–Kier alpha value is -0.280. The highest BCUT2D eigenvalue weighted by Crippen LogP contribution is 2.21. The van der Waals surface area contributed by atoms with Crippen molar-refractivity contribution < 1.29 is 4.79 Å². The van der Waals surface area contributed by atoms with Crippen molar-refractivity contribution >= 4 is 18.3 Å². The van der Waals surface area contributed by atoms with E-state index in [9.17, 15) is 4.79 Å². The number of halogens is 1. The molecule has 108 valence electrons. The van der Waals surface area contributed by atoms with Crippen LogP contribution >= 0.6 is 12.4 Å². The van der Waals surface area contributed by atoms with E-state index < -0.39 is 0 Å². The van der Waals surface area contributed by atoms with Crippen molar-refractivity contribution in [1.82, 2.24) is 10.2 Å². The van der Waals surface area contributed by atoms with Crippen molar-refractivity contribution in [1.29, 1.82) is 0 Å². The predicted molar refractivity (Wildman–Crippen MR) is 79.1 cm³/mol. The first-order valence-electron chi connectivity index (χ1n) is 7.03. The Labute approximate surface area is 118 Å². The van der Waals surface area contributed by atoms with Crippen LogP contribution in [-0.4, -0.2) is 37.0 Å². The zero-order valence-electron chi connectivity index (χ0n) is 12.2. The summed E-state index contributed by atoms with van der Waals surface area (Å²) in [6.45, 7) is 8.48. The lowest BCUT2D eigenvalue weighted by Gasteiger charge is -2.33. The largest absolute Gasteiger partial charge is 0.343 e. The molecule has 0 saturated carbocycles. The summed E-state index contributed by atoms with van der Waals surface area (Å²) >= 11 is 0. The molecule has 1 rings (SSSR count). The van der Waals surface area contributed by atoms with Crippen LogP contribution in [0.2, 0.25) is 0 Å². The molecule has 1 heterocycles. The van der Waals surface area contributed by atoms with E-state index in [1.54, 1.807) is 0 Å². The number of hydrogen-bond donors (Lipinski definition) is 1. The molecule has 1 unspecified atom stereocenters. The summed E-state index contributed by atoms with van der Waals surface area (Å²) < 4.78 is 0. The number of likely N-dealkylation sites (tertiary alicyclic amines) is 1. The third kappa shape index (κ3) is 5.15. The summed E-state index contributed by atoms with van der Waals surface area (Å²) in [5.74, 6) is 1.52. The minimum absolute atomic E-state index is 0. The number of amides is 1. The molecule has 1 atom stereocenters. The minimum atomic E-state index is 0. The van der Waals surface area contributed by atoms with Gasteiger partial charge in [0.2, 0.25) is 5.91 Å². The van der Waals surface area contributed by atoms with Crippen LogP contribution < -0.4 is 5.32 Å². The fourth-order valence-corrected chi connectivity index (χ4v) is 2.62. The van der Waals surface area contributed by atoms with Crippen LogP contribution in [0.3, 0.4) is 0 Å². The average Bonchev–Trinajstić information content (AvgIpc) is 2.35. The van der Waals surface area contributed by atoms with E-state index in [2.05, 4.69) is 31.0 Å². The van der Waals surface area contributed by atoms with Crippen LogP contribution in [0.5, 0.6) is 0 Å². The summed E-state index contributed by atoms with van der Waals surface area (Å²) in [7, 11) is 2.01. The average molecular weight is 277 g/mol.